The van der Waals surface area contributed by atoms with Crippen molar-refractivity contribution in [1.82, 2.24) is 9.62 Å². The van der Waals surface area contributed by atoms with Crippen LogP contribution in [0.4, 0.5) is 0 Å². The van der Waals surface area contributed by atoms with Crippen molar-refractivity contribution in [2.24, 2.45) is 5.92 Å². The number of sulfonamides is 1. The Hall–Kier alpha value is -3.16. The number of ether oxygens (including phenoxy) is 1. The number of amides is 1. The van der Waals surface area contributed by atoms with E-state index in [0.29, 0.717) is 37.4 Å². The Bertz CT molecular complexity index is 1270. The van der Waals surface area contributed by atoms with Gasteiger partial charge in [-0.25, -0.2) is 8.42 Å². The van der Waals surface area contributed by atoms with Crippen LogP contribution >= 0.6 is 0 Å². The molecule has 34 heavy (non-hydrogen) atoms. The molecular weight excluding hydrogens is 448 g/mol. The number of hydrogen-bond acceptors (Lipinski definition) is 4. The van der Waals surface area contributed by atoms with Gasteiger partial charge < -0.3 is 10.1 Å². The smallest absolute Gasteiger partial charge is 0.243 e. The summed E-state index contributed by atoms with van der Waals surface area (Å²) in [5.41, 5.74) is 4.58. The second-order valence-electron chi connectivity index (χ2n) is 8.83. The maximum atomic E-state index is 12.8. The second kappa shape index (κ2) is 9.60. The number of fused-ring (bicyclic) bond motifs is 1. The van der Waals surface area contributed by atoms with E-state index >= 15 is 0 Å². The van der Waals surface area contributed by atoms with Gasteiger partial charge in [-0.1, -0.05) is 48.5 Å². The topological polar surface area (TPSA) is 75.7 Å². The lowest BCUT2D eigenvalue weighted by atomic mass is 9.97. The van der Waals surface area contributed by atoms with Crippen molar-refractivity contribution in [1.29, 1.82) is 0 Å². The third-order valence-corrected chi connectivity index (χ3v) is 8.56. The molecule has 5 rings (SSSR count). The van der Waals surface area contributed by atoms with Gasteiger partial charge in [0.25, 0.3) is 0 Å². The minimum absolute atomic E-state index is 0.0144. The lowest BCUT2D eigenvalue weighted by Crippen LogP contribution is -2.42. The molecule has 0 aliphatic carbocycles. The zero-order valence-corrected chi connectivity index (χ0v) is 19.8. The molecule has 6 nitrogen and oxygen atoms in total. The number of carbonyl (C=O) groups excluding carboxylic acids is 1. The first kappa shape index (κ1) is 22.6. The third kappa shape index (κ3) is 4.72. The van der Waals surface area contributed by atoms with E-state index in [4.69, 9.17) is 4.74 Å². The average Bonchev–Trinajstić information content (AvgIpc) is 3.36. The normalized spacial score (nSPS) is 16.6. The molecule has 3 aromatic carbocycles. The van der Waals surface area contributed by atoms with Gasteiger partial charge in [-0.2, -0.15) is 4.31 Å². The summed E-state index contributed by atoms with van der Waals surface area (Å²) in [5, 5.41) is 3.02. The monoisotopic (exact) mass is 476 g/mol. The van der Waals surface area contributed by atoms with Gasteiger partial charge in [0.2, 0.25) is 15.9 Å². The van der Waals surface area contributed by atoms with Crippen molar-refractivity contribution in [2.75, 3.05) is 19.7 Å². The van der Waals surface area contributed by atoms with Gasteiger partial charge >= 0.3 is 0 Å². The summed E-state index contributed by atoms with van der Waals surface area (Å²) in [6, 6.07) is 23.0. The molecule has 1 fully saturated rings. The van der Waals surface area contributed by atoms with Crippen LogP contribution in [0.3, 0.4) is 0 Å². The van der Waals surface area contributed by atoms with Crippen LogP contribution in [0.2, 0.25) is 0 Å². The molecule has 0 saturated carbocycles. The van der Waals surface area contributed by atoms with Crippen LogP contribution in [0.25, 0.3) is 11.1 Å². The molecule has 2 aliphatic rings. The molecule has 0 aromatic heterocycles. The summed E-state index contributed by atoms with van der Waals surface area (Å²) in [5.74, 6) is 0.793. The minimum atomic E-state index is -3.50. The highest BCUT2D eigenvalue weighted by Gasteiger charge is 2.31. The molecule has 1 N–H and O–H groups in total. The predicted octanol–water partition coefficient (Wildman–Crippen LogP) is 4.01. The predicted molar refractivity (Wildman–Crippen MR) is 131 cm³/mol. The molecule has 0 spiro atoms. The Morgan fingerprint density at radius 1 is 0.941 bits per heavy atom. The standard InChI is InChI=1S/C27H28N2O4S/c30-27(22-12-15-29(16-13-22)34(31,32)25-4-2-1-3-5-25)28-19-20-6-8-21(9-7-20)23-10-11-26-24(18-23)14-17-33-26/h1-11,18,22H,12-17,19H2,(H,28,30). The Morgan fingerprint density at radius 3 is 2.38 bits per heavy atom. The molecular formula is C27H28N2O4S. The number of nitrogens with zero attached hydrogens (tertiary/aromatic N) is 1. The molecule has 7 heteroatoms. The first-order chi connectivity index (χ1) is 16.5. The van der Waals surface area contributed by atoms with Crippen molar-refractivity contribution < 1.29 is 17.9 Å². The zero-order valence-electron chi connectivity index (χ0n) is 18.9. The zero-order chi connectivity index (χ0) is 23.5. The van der Waals surface area contributed by atoms with Gasteiger partial charge in [-0.15, -0.1) is 0 Å². The van der Waals surface area contributed by atoms with Crippen LogP contribution in [0.1, 0.15) is 24.0 Å². The summed E-state index contributed by atoms with van der Waals surface area (Å²) < 4.78 is 32.6. The van der Waals surface area contributed by atoms with E-state index in [0.717, 1.165) is 35.5 Å². The largest absolute Gasteiger partial charge is 0.493 e. The maximum absolute atomic E-state index is 12.8. The molecule has 0 unspecified atom stereocenters. The van der Waals surface area contributed by atoms with Gasteiger partial charge in [-0.3, -0.25) is 4.79 Å². The first-order valence-electron chi connectivity index (χ1n) is 11.7. The van der Waals surface area contributed by atoms with E-state index in [2.05, 4.69) is 29.6 Å². The number of carbonyl (C=O) groups is 1. The Labute approximate surface area is 200 Å². The van der Waals surface area contributed by atoms with Gasteiger partial charge in [0.1, 0.15) is 5.75 Å². The van der Waals surface area contributed by atoms with E-state index in [9.17, 15) is 13.2 Å². The van der Waals surface area contributed by atoms with Gasteiger partial charge in [0, 0.05) is 32.0 Å². The summed E-state index contributed by atoms with van der Waals surface area (Å²) in [6.07, 6.45) is 2.00. The quantitative estimate of drug-likeness (QED) is 0.583. The summed E-state index contributed by atoms with van der Waals surface area (Å²) in [7, 11) is -3.50. The highest BCUT2D eigenvalue weighted by molar-refractivity contribution is 7.89. The van der Waals surface area contributed by atoms with Gasteiger partial charge in [0.05, 0.1) is 11.5 Å². The fourth-order valence-corrected chi connectivity index (χ4v) is 6.11. The highest BCUT2D eigenvalue weighted by Crippen LogP contribution is 2.30. The van der Waals surface area contributed by atoms with E-state index in [1.54, 1.807) is 30.3 Å². The van der Waals surface area contributed by atoms with Gasteiger partial charge in [0.15, 0.2) is 0 Å². The van der Waals surface area contributed by atoms with Crippen LogP contribution in [-0.4, -0.2) is 38.3 Å². The lowest BCUT2D eigenvalue weighted by Gasteiger charge is -2.30. The molecule has 0 bridgehead atoms. The van der Waals surface area contributed by atoms with Crippen molar-refractivity contribution in [3.8, 4) is 16.9 Å². The van der Waals surface area contributed by atoms with Crippen LogP contribution in [0.15, 0.2) is 77.7 Å². The first-order valence-corrected chi connectivity index (χ1v) is 13.1. The van der Waals surface area contributed by atoms with Crippen molar-refractivity contribution >= 4 is 15.9 Å². The average molecular weight is 477 g/mol. The number of piperidine rings is 1. The van der Waals surface area contributed by atoms with Crippen LogP contribution in [0.5, 0.6) is 5.75 Å². The number of hydrogen-bond donors (Lipinski definition) is 1. The lowest BCUT2D eigenvalue weighted by molar-refractivity contribution is -0.126. The van der Waals surface area contributed by atoms with Gasteiger partial charge in [-0.05, 0) is 59.4 Å². The molecule has 1 saturated heterocycles. The van der Waals surface area contributed by atoms with Crippen LogP contribution in [0, 0.1) is 5.92 Å². The van der Waals surface area contributed by atoms with Crippen LogP contribution in [-0.2, 0) is 27.8 Å². The number of nitrogens with one attached hydrogen (secondary N) is 1. The second-order valence-corrected chi connectivity index (χ2v) is 10.8. The Kier molecular flexibility index (Phi) is 6.39. The number of benzene rings is 3. The third-order valence-electron chi connectivity index (χ3n) is 6.65. The SMILES string of the molecule is O=C(NCc1ccc(-c2ccc3c(c2)CCO3)cc1)C1CCN(S(=O)(=O)c2ccccc2)CC1. The van der Waals surface area contributed by atoms with Crippen molar-refractivity contribution in [2.45, 2.75) is 30.7 Å². The Morgan fingerprint density at radius 2 is 1.65 bits per heavy atom. The van der Waals surface area contributed by atoms with Crippen LogP contribution < -0.4 is 10.1 Å². The Balaban J connectivity index is 1.13. The van der Waals surface area contributed by atoms with Crippen molar-refractivity contribution in [3.05, 3.63) is 83.9 Å². The molecule has 3 aromatic rings. The molecule has 0 atom stereocenters. The summed E-state index contributed by atoms with van der Waals surface area (Å²) in [4.78, 5) is 13.0. The molecule has 1 amide bonds. The fourth-order valence-electron chi connectivity index (χ4n) is 4.61. The molecule has 2 aliphatic heterocycles. The van der Waals surface area contributed by atoms with E-state index < -0.39 is 10.0 Å². The molecule has 0 radical (unpaired) electrons. The maximum Gasteiger partial charge on any atom is 0.243 e. The highest BCUT2D eigenvalue weighted by atomic mass is 32.2. The molecule has 2 heterocycles. The summed E-state index contributed by atoms with van der Waals surface area (Å²) >= 11 is 0. The fraction of sp³-hybridized carbons (Fsp3) is 0.296. The summed E-state index contributed by atoms with van der Waals surface area (Å²) in [6.45, 7) is 1.92. The van der Waals surface area contributed by atoms with Crippen molar-refractivity contribution in [3.63, 3.8) is 0 Å². The number of rotatable bonds is 6. The molecule has 176 valence electrons. The van der Waals surface area contributed by atoms with E-state index in [1.165, 1.54) is 9.87 Å². The van der Waals surface area contributed by atoms with E-state index in [1.807, 2.05) is 18.2 Å². The van der Waals surface area contributed by atoms with E-state index in [-0.39, 0.29) is 11.8 Å². The minimum Gasteiger partial charge on any atom is -0.493 e.